The van der Waals surface area contributed by atoms with Gasteiger partial charge >= 0.3 is 12.1 Å². The van der Waals surface area contributed by atoms with Gasteiger partial charge in [-0.1, -0.05) is 18.2 Å². The number of esters is 1. The highest BCUT2D eigenvalue weighted by Gasteiger charge is 2.30. The van der Waals surface area contributed by atoms with Crippen molar-refractivity contribution >= 4 is 22.3 Å². The summed E-state index contributed by atoms with van der Waals surface area (Å²) < 4.78 is 44.3. The lowest BCUT2D eigenvalue weighted by Crippen LogP contribution is -2.15. The number of hydrogen-bond donors (Lipinski definition) is 0. The van der Waals surface area contributed by atoms with Crippen molar-refractivity contribution in [2.75, 3.05) is 0 Å². The third-order valence-electron chi connectivity index (χ3n) is 3.34. The molecule has 130 valence electrons. The normalized spacial score (nSPS) is 11.6. The first-order valence-corrected chi connectivity index (χ1v) is 7.98. The molecule has 5 nitrogen and oxygen atoms in total. The average Bonchev–Trinajstić information content (AvgIpc) is 3.01. The highest BCUT2D eigenvalue weighted by Crippen LogP contribution is 2.29. The molecule has 0 unspecified atom stereocenters. The molecule has 0 spiro atoms. The van der Waals surface area contributed by atoms with Crippen LogP contribution in [0.1, 0.15) is 16.8 Å². The second kappa shape index (κ2) is 6.67. The summed E-state index contributed by atoms with van der Waals surface area (Å²) in [6, 6.07) is 5.74. The van der Waals surface area contributed by atoms with E-state index in [1.165, 1.54) is 33.9 Å². The van der Waals surface area contributed by atoms with Crippen molar-refractivity contribution in [3.63, 3.8) is 0 Å². The van der Waals surface area contributed by atoms with E-state index in [0.717, 1.165) is 12.1 Å². The van der Waals surface area contributed by atoms with Gasteiger partial charge in [0.2, 0.25) is 0 Å². The maximum Gasteiger partial charge on any atom is 0.416 e. The molecule has 0 aliphatic carbocycles. The van der Waals surface area contributed by atoms with Crippen LogP contribution in [0.5, 0.6) is 0 Å². The van der Waals surface area contributed by atoms with Crippen LogP contribution >= 0.6 is 11.3 Å². The van der Waals surface area contributed by atoms with Crippen LogP contribution in [0.3, 0.4) is 0 Å². The van der Waals surface area contributed by atoms with Gasteiger partial charge in [-0.3, -0.25) is 14.0 Å². The summed E-state index contributed by atoms with van der Waals surface area (Å²) in [5.41, 5.74) is -0.641. The number of benzene rings is 1. The van der Waals surface area contributed by atoms with Crippen molar-refractivity contribution in [3.05, 3.63) is 69.1 Å². The minimum atomic E-state index is -4.47. The summed E-state index contributed by atoms with van der Waals surface area (Å²) in [6.45, 7) is -0.221. The van der Waals surface area contributed by atoms with Crippen molar-refractivity contribution in [3.8, 4) is 0 Å². The zero-order valence-electron chi connectivity index (χ0n) is 12.6. The van der Waals surface area contributed by atoms with Crippen LogP contribution in [0.25, 0.3) is 4.96 Å². The van der Waals surface area contributed by atoms with Gasteiger partial charge < -0.3 is 4.74 Å². The number of rotatable bonds is 4. The van der Waals surface area contributed by atoms with E-state index in [1.54, 1.807) is 11.6 Å². The quantitative estimate of drug-likeness (QED) is 0.664. The van der Waals surface area contributed by atoms with Crippen LogP contribution < -0.4 is 5.56 Å². The number of hydrogen-bond acceptors (Lipinski definition) is 5. The lowest BCUT2D eigenvalue weighted by molar-refractivity contribution is -0.144. The molecule has 9 heteroatoms. The number of nitrogens with zero attached hydrogens (tertiary/aromatic N) is 2. The number of carbonyl (C=O) groups is 1. The SMILES string of the molecule is O=C(Cc1cccc(C(F)(F)F)c1)OCc1cc(=O)n2ccsc2n1. The molecular formula is C16H11F3N2O3S. The first-order valence-electron chi connectivity index (χ1n) is 7.10. The second-order valence-electron chi connectivity index (χ2n) is 5.18. The van der Waals surface area contributed by atoms with Crippen LogP contribution in [-0.4, -0.2) is 15.4 Å². The molecule has 0 fully saturated rings. The van der Waals surface area contributed by atoms with Crippen LogP contribution in [0.4, 0.5) is 13.2 Å². The molecule has 3 aromatic rings. The Balaban J connectivity index is 1.65. The molecule has 25 heavy (non-hydrogen) atoms. The first-order chi connectivity index (χ1) is 11.8. The maximum absolute atomic E-state index is 12.7. The van der Waals surface area contributed by atoms with E-state index in [-0.39, 0.29) is 29.8 Å². The first kappa shape index (κ1) is 17.2. The standard InChI is InChI=1S/C16H11F3N2O3S/c17-16(18,19)11-3-1-2-10(6-11)7-14(23)24-9-12-8-13(22)21-4-5-25-15(21)20-12/h1-6,8H,7,9H2. The van der Waals surface area contributed by atoms with E-state index < -0.39 is 17.7 Å². The molecule has 0 radical (unpaired) electrons. The number of fused-ring (bicyclic) bond motifs is 1. The highest BCUT2D eigenvalue weighted by molar-refractivity contribution is 7.15. The van der Waals surface area contributed by atoms with E-state index in [9.17, 15) is 22.8 Å². The smallest absolute Gasteiger partial charge is 0.416 e. The third kappa shape index (κ3) is 4.05. The molecule has 0 aliphatic rings. The van der Waals surface area contributed by atoms with Crippen molar-refractivity contribution in [2.45, 2.75) is 19.2 Å². The number of alkyl halides is 3. The van der Waals surface area contributed by atoms with Gasteiger partial charge in [-0.25, -0.2) is 4.98 Å². The van der Waals surface area contributed by atoms with Crippen LogP contribution in [0.15, 0.2) is 46.7 Å². The Morgan fingerprint density at radius 2 is 2.08 bits per heavy atom. The van der Waals surface area contributed by atoms with Gasteiger partial charge in [0.15, 0.2) is 4.96 Å². The fourth-order valence-electron chi connectivity index (χ4n) is 2.19. The molecular weight excluding hydrogens is 357 g/mol. The summed E-state index contributed by atoms with van der Waals surface area (Å²) in [4.78, 5) is 28.3. The van der Waals surface area contributed by atoms with Gasteiger partial charge in [0.05, 0.1) is 17.7 Å². The Morgan fingerprint density at radius 3 is 2.84 bits per heavy atom. The summed E-state index contributed by atoms with van der Waals surface area (Å²) in [5, 5.41) is 1.70. The summed E-state index contributed by atoms with van der Waals surface area (Å²) >= 11 is 1.26. The number of carbonyl (C=O) groups excluding carboxylic acids is 1. The van der Waals surface area contributed by atoms with Crippen molar-refractivity contribution in [1.29, 1.82) is 0 Å². The van der Waals surface area contributed by atoms with Crippen LogP contribution in [0.2, 0.25) is 0 Å². The van der Waals surface area contributed by atoms with Gasteiger partial charge in [0.25, 0.3) is 5.56 Å². The Morgan fingerprint density at radius 1 is 1.28 bits per heavy atom. The zero-order valence-corrected chi connectivity index (χ0v) is 13.4. The number of ether oxygens (including phenoxy) is 1. The Kier molecular flexibility index (Phi) is 4.58. The summed E-state index contributed by atoms with van der Waals surface area (Å²) in [6.07, 6.45) is -3.19. The Bertz CT molecular complexity index is 978. The van der Waals surface area contributed by atoms with Gasteiger partial charge in [-0.2, -0.15) is 13.2 Å². The Hall–Kier alpha value is -2.68. The van der Waals surface area contributed by atoms with Gasteiger partial charge in [0.1, 0.15) is 6.61 Å². The average molecular weight is 368 g/mol. The van der Waals surface area contributed by atoms with E-state index in [4.69, 9.17) is 4.74 Å². The lowest BCUT2D eigenvalue weighted by Gasteiger charge is -2.09. The molecule has 0 aliphatic heterocycles. The molecule has 0 saturated heterocycles. The van der Waals surface area contributed by atoms with Gasteiger partial charge in [-0.05, 0) is 11.6 Å². The molecule has 0 saturated carbocycles. The highest BCUT2D eigenvalue weighted by atomic mass is 32.1. The minimum Gasteiger partial charge on any atom is -0.459 e. The van der Waals surface area contributed by atoms with Crippen molar-refractivity contribution < 1.29 is 22.7 Å². The third-order valence-corrected chi connectivity index (χ3v) is 4.10. The number of halogens is 3. The topological polar surface area (TPSA) is 60.7 Å². The van der Waals surface area contributed by atoms with E-state index >= 15 is 0 Å². The maximum atomic E-state index is 12.7. The molecule has 0 amide bonds. The molecule has 3 rings (SSSR count). The molecule has 1 aromatic carbocycles. The monoisotopic (exact) mass is 368 g/mol. The number of thiazole rings is 1. The molecule has 2 aromatic heterocycles. The van der Waals surface area contributed by atoms with Crippen LogP contribution in [-0.2, 0) is 28.7 Å². The van der Waals surface area contributed by atoms with E-state index in [1.807, 2.05) is 0 Å². The van der Waals surface area contributed by atoms with Gasteiger partial charge in [-0.15, -0.1) is 11.3 Å². The lowest BCUT2D eigenvalue weighted by atomic mass is 10.1. The largest absolute Gasteiger partial charge is 0.459 e. The molecule has 0 N–H and O–H groups in total. The van der Waals surface area contributed by atoms with Crippen LogP contribution in [0, 0.1) is 0 Å². The minimum absolute atomic E-state index is 0.196. The van der Waals surface area contributed by atoms with Crippen molar-refractivity contribution in [1.82, 2.24) is 9.38 Å². The van der Waals surface area contributed by atoms with Gasteiger partial charge in [0, 0.05) is 17.6 Å². The Labute approximate surface area is 143 Å². The second-order valence-corrected chi connectivity index (χ2v) is 6.05. The fourth-order valence-corrected chi connectivity index (χ4v) is 2.93. The predicted molar refractivity (Wildman–Crippen MR) is 84.3 cm³/mol. The summed E-state index contributed by atoms with van der Waals surface area (Å²) in [5.74, 6) is -0.701. The number of aromatic nitrogens is 2. The fraction of sp³-hybridized carbons (Fsp3) is 0.188. The zero-order chi connectivity index (χ0) is 18.0. The van der Waals surface area contributed by atoms with E-state index in [2.05, 4.69) is 4.98 Å². The molecule has 0 bridgehead atoms. The van der Waals surface area contributed by atoms with E-state index in [0.29, 0.717) is 4.96 Å². The molecule has 2 heterocycles. The summed E-state index contributed by atoms with van der Waals surface area (Å²) in [7, 11) is 0. The predicted octanol–water partition coefficient (Wildman–Crippen LogP) is 3.06. The van der Waals surface area contributed by atoms with Crippen molar-refractivity contribution in [2.24, 2.45) is 0 Å². The molecule has 0 atom stereocenters.